The summed E-state index contributed by atoms with van der Waals surface area (Å²) in [5.74, 6) is 1.31. The van der Waals surface area contributed by atoms with Gasteiger partial charge in [-0.3, -0.25) is 4.98 Å². The maximum atomic E-state index is 5.95. The third-order valence-electron chi connectivity index (χ3n) is 3.81. The van der Waals surface area contributed by atoms with Crippen LogP contribution in [0.1, 0.15) is 20.3 Å². The Hall–Kier alpha value is -2.66. The standard InChI is InChI=1S/C19H20ClN5/c1-3-13(2)22-19-24-17(14-8-10-21-11-9-14)12-18(25-19)23-16-6-4-15(20)5-7-16/h4-13H,3H2,1-2H3,(H2,22,23,24,25)/t13-/m1/s1. The maximum absolute atomic E-state index is 5.95. The molecule has 0 saturated heterocycles. The summed E-state index contributed by atoms with van der Waals surface area (Å²) in [6, 6.07) is 13.6. The average Bonchev–Trinajstić information content (AvgIpc) is 2.64. The molecule has 2 N–H and O–H groups in total. The van der Waals surface area contributed by atoms with Crippen molar-refractivity contribution < 1.29 is 0 Å². The molecule has 0 fully saturated rings. The zero-order valence-corrected chi connectivity index (χ0v) is 15.0. The largest absolute Gasteiger partial charge is 0.352 e. The van der Waals surface area contributed by atoms with Crippen LogP contribution in [-0.2, 0) is 0 Å². The predicted octanol–water partition coefficient (Wildman–Crippen LogP) is 5.15. The lowest BCUT2D eigenvalue weighted by Crippen LogP contribution is -2.16. The monoisotopic (exact) mass is 353 g/mol. The van der Waals surface area contributed by atoms with Crippen LogP contribution >= 0.6 is 11.6 Å². The lowest BCUT2D eigenvalue weighted by molar-refractivity contribution is 0.753. The molecule has 128 valence electrons. The molecule has 0 aliphatic carbocycles. The van der Waals surface area contributed by atoms with Crippen LogP contribution in [0.5, 0.6) is 0 Å². The van der Waals surface area contributed by atoms with Gasteiger partial charge in [0, 0.05) is 40.8 Å². The van der Waals surface area contributed by atoms with Gasteiger partial charge in [-0.15, -0.1) is 0 Å². The minimum absolute atomic E-state index is 0.288. The summed E-state index contributed by atoms with van der Waals surface area (Å²) in [7, 11) is 0. The number of nitrogens with zero attached hydrogens (tertiary/aromatic N) is 3. The first-order valence-electron chi connectivity index (χ1n) is 8.22. The maximum Gasteiger partial charge on any atom is 0.225 e. The van der Waals surface area contributed by atoms with Crippen LogP contribution < -0.4 is 10.6 Å². The Morgan fingerprint density at radius 2 is 1.76 bits per heavy atom. The van der Waals surface area contributed by atoms with Gasteiger partial charge in [-0.25, -0.2) is 4.98 Å². The molecule has 2 heterocycles. The third-order valence-corrected chi connectivity index (χ3v) is 4.06. The number of aromatic nitrogens is 3. The van der Waals surface area contributed by atoms with E-state index in [4.69, 9.17) is 11.6 Å². The fourth-order valence-electron chi connectivity index (χ4n) is 2.25. The quantitative estimate of drug-likeness (QED) is 0.642. The van der Waals surface area contributed by atoms with Crippen LogP contribution in [-0.4, -0.2) is 21.0 Å². The van der Waals surface area contributed by atoms with Crippen LogP contribution in [0.2, 0.25) is 5.02 Å². The minimum Gasteiger partial charge on any atom is -0.352 e. The molecule has 3 rings (SSSR count). The molecule has 0 aliphatic rings. The van der Waals surface area contributed by atoms with E-state index in [9.17, 15) is 0 Å². The van der Waals surface area contributed by atoms with E-state index in [-0.39, 0.29) is 6.04 Å². The van der Waals surface area contributed by atoms with Gasteiger partial charge >= 0.3 is 0 Å². The average molecular weight is 354 g/mol. The highest BCUT2D eigenvalue weighted by Crippen LogP contribution is 2.24. The molecule has 2 aromatic heterocycles. The Morgan fingerprint density at radius 1 is 1.04 bits per heavy atom. The van der Waals surface area contributed by atoms with Crippen molar-refractivity contribution in [2.75, 3.05) is 10.6 Å². The van der Waals surface area contributed by atoms with Crippen LogP contribution in [0.4, 0.5) is 17.5 Å². The smallest absolute Gasteiger partial charge is 0.225 e. The number of anilines is 3. The highest BCUT2D eigenvalue weighted by Gasteiger charge is 2.09. The van der Waals surface area contributed by atoms with E-state index in [1.807, 2.05) is 42.5 Å². The summed E-state index contributed by atoms with van der Waals surface area (Å²) in [6.07, 6.45) is 4.50. The van der Waals surface area contributed by atoms with Crippen LogP contribution in [0, 0.1) is 0 Å². The molecule has 0 aliphatic heterocycles. The number of benzene rings is 1. The molecular formula is C19H20ClN5. The first-order chi connectivity index (χ1) is 12.1. The van der Waals surface area contributed by atoms with Crippen LogP contribution in [0.15, 0.2) is 54.9 Å². The molecular weight excluding hydrogens is 334 g/mol. The van der Waals surface area contributed by atoms with E-state index in [0.29, 0.717) is 11.0 Å². The molecule has 0 saturated carbocycles. The molecule has 0 amide bonds. The summed E-state index contributed by atoms with van der Waals surface area (Å²) in [5, 5.41) is 7.34. The lowest BCUT2D eigenvalue weighted by Gasteiger charge is -2.14. The molecule has 0 unspecified atom stereocenters. The van der Waals surface area contributed by atoms with Gasteiger partial charge in [-0.2, -0.15) is 4.98 Å². The highest BCUT2D eigenvalue weighted by molar-refractivity contribution is 6.30. The van der Waals surface area contributed by atoms with E-state index in [1.165, 1.54) is 0 Å². The zero-order chi connectivity index (χ0) is 17.6. The second-order valence-corrected chi connectivity index (χ2v) is 6.22. The Balaban J connectivity index is 1.95. The Morgan fingerprint density at radius 3 is 2.44 bits per heavy atom. The Labute approximate surface area is 152 Å². The van der Waals surface area contributed by atoms with Crippen molar-refractivity contribution in [3.05, 3.63) is 59.9 Å². The highest BCUT2D eigenvalue weighted by atomic mass is 35.5. The van der Waals surface area contributed by atoms with Crippen molar-refractivity contribution in [1.82, 2.24) is 15.0 Å². The normalized spacial score (nSPS) is 11.8. The fraction of sp³-hybridized carbons (Fsp3) is 0.211. The number of hydrogen-bond donors (Lipinski definition) is 2. The number of halogens is 1. The molecule has 3 aromatic rings. The number of nitrogens with one attached hydrogen (secondary N) is 2. The molecule has 6 heteroatoms. The van der Waals surface area contributed by atoms with Crippen molar-refractivity contribution in [1.29, 1.82) is 0 Å². The number of rotatable bonds is 6. The van der Waals surface area contributed by atoms with Gasteiger partial charge in [0.1, 0.15) is 5.82 Å². The molecule has 5 nitrogen and oxygen atoms in total. The number of pyridine rings is 1. The fourth-order valence-corrected chi connectivity index (χ4v) is 2.38. The second-order valence-electron chi connectivity index (χ2n) is 5.78. The summed E-state index contributed by atoms with van der Waals surface area (Å²) in [6.45, 7) is 4.23. The SMILES string of the molecule is CC[C@@H](C)Nc1nc(Nc2ccc(Cl)cc2)cc(-c2ccncc2)n1. The molecule has 25 heavy (non-hydrogen) atoms. The van der Waals surface area contributed by atoms with Gasteiger partial charge in [-0.05, 0) is 49.7 Å². The molecule has 0 radical (unpaired) electrons. The predicted molar refractivity (Wildman–Crippen MR) is 103 cm³/mol. The van der Waals surface area contributed by atoms with Gasteiger partial charge in [0.25, 0.3) is 0 Å². The van der Waals surface area contributed by atoms with Gasteiger partial charge in [0.15, 0.2) is 0 Å². The first-order valence-corrected chi connectivity index (χ1v) is 8.60. The summed E-state index contributed by atoms with van der Waals surface area (Å²) in [4.78, 5) is 13.3. The summed E-state index contributed by atoms with van der Waals surface area (Å²) >= 11 is 5.95. The van der Waals surface area contributed by atoms with Crippen molar-refractivity contribution >= 4 is 29.1 Å². The molecule has 0 bridgehead atoms. The summed E-state index contributed by atoms with van der Waals surface area (Å²) < 4.78 is 0. The zero-order valence-electron chi connectivity index (χ0n) is 14.2. The minimum atomic E-state index is 0.288. The van der Waals surface area contributed by atoms with E-state index < -0.39 is 0 Å². The van der Waals surface area contributed by atoms with Crippen LogP contribution in [0.3, 0.4) is 0 Å². The van der Waals surface area contributed by atoms with E-state index >= 15 is 0 Å². The van der Waals surface area contributed by atoms with E-state index in [0.717, 1.165) is 29.2 Å². The number of hydrogen-bond acceptors (Lipinski definition) is 5. The molecule has 0 spiro atoms. The van der Waals surface area contributed by atoms with Crippen molar-refractivity contribution in [2.24, 2.45) is 0 Å². The topological polar surface area (TPSA) is 62.7 Å². The van der Waals surface area contributed by atoms with Gasteiger partial charge < -0.3 is 10.6 Å². The Kier molecular flexibility index (Phi) is 5.46. The summed E-state index contributed by atoms with van der Waals surface area (Å²) in [5.41, 5.74) is 2.74. The molecule has 1 atom stereocenters. The second kappa shape index (κ2) is 7.94. The van der Waals surface area contributed by atoms with Gasteiger partial charge in [0.05, 0.1) is 5.69 Å². The third kappa shape index (κ3) is 4.67. The van der Waals surface area contributed by atoms with Crippen molar-refractivity contribution in [3.8, 4) is 11.3 Å². The van der Waals surface area contributed by atoms with Crippen molar-refractivity contribution in [2.45, 2.75) is 26.3 Å². The lowest BCUT2D eigenvalue weighted by atomic mass is 10.2. The molecule has 1 aromatic carbocycles. The first kappa shape index (κ1) is 17.2. The Bertz CT molecular complexity index is 821. The van der Waals surface area contributed by atoms with E-state index in [1.54, 1.807) is 12.4 Å². The van der Waals surface area contributed by atoms with Gasteiger partial charge in [-0.1, -0.05) is 18.5 Å². The van der Waals surface area contributed by atoms with Gasteiger partial charge in [0.2, 0.25) is 5.95 Å². The van der Waals surface area contributed by atoms with Crippen molar-refractivity contribution in [3.63, 3.8) is 0 Å². The van der Waals surface area contributed by atoms with Crippen LogP contribution in [0.25, 0.3) is 11.3 Å². The van der Waals surface area contributed by atoms with E-state index in [2.05, 4.69) is 39.4 Å².